The van der Waals surface area contributed by atoms with Crippen molar-refractivity contribution in [2.75, 3.05) is 17.9 Å². The average Bonchev–Trinajstić information content (AvgIpc) is 2.99. The molecule has 4 rings (SSSR count). The molecule has 0 spiro atoms. The molecule has 0 radical (unpaired) electrons. The number of nitrogens with zero attached hydrogens (tertiary/aromatic N) is 2. The highest BCUT2D eigenvalue weighted by Gasteiger charge is 2.34. The highest BCUT2D eigenvalue weighted by atomic mass is 35.5. The van der Waals surface area contributed by atoms with Crippen LogP contribution >= 0.6 is 34.8 Å². The summed E-state index contributed by atoms with van der Waals surface area (Å²) in [6, 6.07) is 27.2. The molecule has 7 nitrogen and oxygen atoms in total. The second-order valence-corrected chi connectivity index (χ2v) is 12.5. The van der Waals surface area contributed by atoms with Crippen molar-refractivity contribution >= 4 is 62.3 Å². The average molecular weight is 645 g/mol. The van der Waals surface area contributed by atoms with Crippen LogP contribution < -0.4 is 9.62 Å². The highest BCUT2D eigenvalue weighted by molar-refractivity contribution is 7.92. The first kappa shape index (κ1) is 31.4. The van der Waals surface area contributed by atoms with Crippen molar-refractivity contribution in [2.24, 2.45) is 0 Å². The molecule has 0 fully saturated rings. The van der Waals surface area contributed by atoms with E-state index in [0.717, 1.165) is 9.87 Å². The van der Waals surface area contributed by atoms with E-state index in [4.69, 9.17) is 34.8 Å². The maximum atomic E-state index is 14.2. The predicted molar refractivity (Wildman–Crippen MR) is 167 cm³/mol. The fraction of sp³-hybridized carbons (Fsp3) is 0.161. The first-order chi connectivity index (χ1) is 20.1. The zero-order valence-electron chi connectivity index (χ0n) is 22.6. The summed E-state index contributed by atoms with van der Waals surface area (Å²) in [6.07, 6.45) is 0.191. The number of hydrogen-bond donors (Lipinski definition) is 1. The van der Waals surface area contributed by atoms with Crippen molar-refractivity contribution in [3.05, 3.63) is 129 Å². The molecule has 0 saturated carbocycles. The van der Waals surface area contributed by atoms with Crippen molar-refractivity contribution in [3.8, 4) is 0 Å². The van der Waals surface area contributed by atoms with Gasteiger partial charge < -0.3 is 10.2 Å². The monoisotopic (exact) mass is 643 g/mol. The number of anilines is 1. The van der Waals surface area contributed by atoms with Crippen LogP contribution in [0.3, 0.4) is 0 Å². The SMILES string of the molecule is CNC(=O)[C@@H](Cc1ccccc1)N(Cc1ccc(Cl)c(Cl)c1)C(=O)CN(c1cccc(Cl)c1)S(=O)(=O)c1ccccc1. The Hall–Kier alpha value is -3.56. The zero-order valence-corrected chi connectivity index (χ0v) is 25.7. The summed E-state index contributed by atoms with van der Waals surface area (Å²) in [5.74, 6) is -1.02. The Morgan fingerprint density at radius 1 is 0.786 bits per heavy atom. The van der Waals surface area contributed by atoms with Crippen LogP contribution in [0.1, 0.15) is 11.1 Å². The maximum Gasteiger partial charge on any atom is 0.264 e. The van der Waals surface area contributed by atoms with Gasteiger partial charge in [-0.25, -0.2) is 8.42 Å². The lowest BCUT2D eigenvalue weighted by Crippen LogP contribution is -2.53. The molecular formula is C31H28Cl3N3O4S. The van der Waals surface area contributed by atoms with Gasteiger partial charge in [-0.05, 0) is 53.6 Å². The molecule has 0 unspecified atom stereocenters. The molecule has 1 atom stereocenters. The van der Waals surface area contributed by atoms with Crippen molar-refractivity contribution in [3.63, 3.8) is 0 Å². The predicted octanol–water partition coefficient (Wildman–Crippen LogP) is 6.23. The topological polar surface area (TPSA) is 86.8 Å². The van der Waals surface area contributed by atoms with E-state index in [1.165, 1.54) is 30.1 Å². The molecule has 2 amide bonds. The summed E-state index contributed by atoms with van der Waals surface area (Å²) in [5.41, 5.74) is 1.63. The number of carbonyl (C=O) groups excluding carboxylic acids is 2. The van der Waals surface area contributed by atoms with Gasteiger partial charge in [-0.15, -0.1) is 0 Å². The minimum atomic E-state index is -4.21. The standard InChI is InChI=1S/C31H28Cl3N3O4S/c1-35-31(39)29(18-22-9-4-2-5-10-22)36(20-23-15-16-27(33)28(34)17-23)30(38)21-37(25-12-8-11-24(32)19-25)42(40,41)26-13-6-3-7-14-26/h2-17,19,29H,18,20-21H2,1H3,(H,35,39)/t29-/m1/s1. The van der Waals surface area contributed by atoms with E-state index in [9.17, 15) is 18.0 Å². The van der Waals surface area contributed by atoms with Crippen LogP contribution in [-0.2, 0) is 32.6 Å². The number of carbonyl (C=O) groups is 2. The second-order valence-electron chi connectivity index (χ2n) is 9.39. The van der Waals surface area contributed by atoms with Gasteiger partial charge >= 0.3 is 0 Å². The van der Waals surface area contributed by atoms with Crippen LogP contribution in [0.25, 0.3) is 0 Å². The van der Waals surface area contributed by atoms with Crippen LogP contribution in [0.2, 0.25) is 15.1 Å². The lowest BCUT2D eigenvalue weighted by molar-refractivity contribution is -0.139. The molecule has 11 heteroatoms. The van der Waals surface area contributed by atoms with Crippen molar-refractivity contribution in [1.82, 2.24) is 10.2 Å². The Morgan fingerprint density at radius 2 is 1.45 bits per heavy atom. The fourth-order valence-corrected chi connectivity index (χ4v) is 6.37. The van der Waals surface area contributed by atoms with E-state index in [2.05, 4.69) is 5.32 Å². The minimum absolute atomic E-state index is 0.000875. The largest absolute Gasteiger partial charge is 0.357 e. The number of likely N-dealkylation sites (N-methyl/N-ethyl adjacent to an activating group) is 1. The first-order valence-electron chi connectivity index (χ1n) is 12.9. The van der Waals surface area contributed by atoms with E-state index in [1.807, 2.05) is 30.3 Å². The third-order valence-electron chi connectivity index (χ3n) is 6.56. The van der Waals surface area contributed by atoms with Crippen molar-refractivity contribution in [2.45, 2.75) is 23.9 Å². The number of sulfonamides is 1. The van der Waals surface area contributed by atoms with E-state index in [1.54, 1.807) is 54.6 Å². The van der Waals surface area contributed by atoms with Crippen LogP contribution in [0, 0.1) is 0 Å². The van der Waals surface area contributed by atoms with Gasteiger partial charge in [0.15, 0.2) is 0 Å². The van der Waals surface area contributed by atoms with Crippen LogP contribution in [0.4, 0.5) is 5.69 Å². The summed E-state index contributed by atoms with van der Waals surface area (Å²) in [5, 5.41) is 3.57. The van der Waals surface area contributed by atoms with E-state index >= 15 is 0 Å². The molecule has 0 bridgehead atoms. The van der Waals surface area contributed by atoms with E-state index < -0.39 is 34.4 Å². The Balaban J connectivity index is 1.79. The van der Waals surface area contributed by atoms with Gasteiger partial charge in [0.25, 0.3) is 10.0 Å². The van der Waals surface area contributed by atoms with E-state index in [-0.39, 0.29) is 28.6 Å². The first-order valence-corrected chi connectivity index (χ1v) is 15.5. The van der Waals surface area contributed by atoms with Crippen LogP contribution in [-0.4, -0.2) is 44.8 Å². The molecule has 0 saturated heterocycles. The van der Waals surface area contributed by atoms with Gasteiger partial charge in [-0.1, -0.05) is 95.5 Å². The Morgan fingerprint density at radius 3 is 2.07 bits per heavy atom. The van der Waals surface area contributed by atoms with Gasteiger partial charge in [0, 0.05) is 25.0 Å². The molecule has 0 aromatic heterocycles. The maximum absolute atomic E-state index is 14.2. The van der Waals surface area contributed by atoms with Gasteiger partial charge in [0.1, 0.15) is 12.6 Å². The summed E-state index contributed by atoms with van der Waals surface area (Å²) in [7, 11) is -2.72. The van der Waals surface area contributed by atoms with E-state index in [0.29, 0.717) is 15.6 Å². The molecule has 0 aliphatic heterocycles. The number of benzene rings is 4. The van der Waals surface area contributed by atoms with Crippen LogP contribution in [0.5, 0.6) is 0 Å². The Labute approximate surface area is 260 Å². The second kappa shape index (κ2) is 14.1. The summed E-state index contributed by atoms with van der Waals surface area (Å²) in [6.45, 7) is -0.628. The molecule has 0 heterocycles. The van der Waals surface area contributed by atoms with Gasteiger partial charge in [-0.3, -0.25) is 13.9 Å². The summed E-state index contributed by atoms with van der Waals surface area (Å²) < 4.78 is 28.8. The highest BCUT2D eigenvalue weighted by Crippen LogP contribution is 2.28. The third-order valence-corrected chi connectivity index (χ3v) is 9.32. The third kappa shape index (κ3) is 7.63. The Bertz CT molecular complexity index is 1650. The number of rotatable bonds is 11. The Kier molecular flexibility index (Phi) is 10.5. The number of hydrogen-bond acceptors (Lipinski definition) is 4. The number of nitrogens with one attached hydrogen (secondary N) is 1. The zero-order chi connectivity index (χ0) is 30.3. The molecule has 0 aliphatic carbocycles. The number of amides is 2. The smallest absolute Gasteiger partial charge is 0.264 e. The summed E-state index contributed by atoms with van der Waals surface area (Å²) >= 11 is 18.6. The molecule has 218 valence electrons. The lowest BCUT2D eigenvalue weighted by atomic mass is 10.0. The van der Waals surface area contributed by atoms with Crippen molar-refractivity contribution < 1.29 is 18.0 Å². The fourth-order valence-electron chi connectivity index (χ4n) is 4.43. The van der Waals surface area contributed by atoms with Gasteiger partial charge in [0.2, 0.25) is 11.8 Å². The van der Waals surface area contributed by atoms with Crippen molar-refractivity contribution in [1.29, 1.82) is 0 Å². The van der Waals surface area contributed by atoms with Gasteiger partial charge in [0.05, 0.1) is 20.6 Å². The molecule has 42 heavy (non-hydrogen) atoms. The van der Waals surface area contributed by atoms with Crippen LogP contribution in [0.15, 0.2) is 108 Å². The molecule has 1 N–H and O–H groups in total. The molecule has 4 aromatic carbocycles. The molecule has 0 aliphatic rings. The normalized spacial score (nSPS) is 11.9. The lowest BCUT2D eigenvalue weighted by Gasteiger charge is -2.33. The van der Waals surface area contributed by atoms with Gasteiger partial charge in [-0.2, -0.15) is 0 Å². The summed E-state index contributed by atoms with van der Waals surface area (Å²) in [4.78, 5) is 28.9. The molecular weight excluding hydrogens is 617 g/mol. The minimum Gasteiger partial charge on any atom is -0.357 e. The molecule has 4 aromatic rings. The quantitative estimate of drug-likeness (QED) is 0.210. The number of halogens is 3.